The maximum atomic E-state index is 12.4. The Kier molecular flexibility index (Phi) is 5.37. The number of sulfonamides is 1. The lowest BCUT2D eigenvalue weighted by Gasteiger charge is -2.10. The molecule has 0 radical (unpaired) electrons. The van der Waals surface area contributed by atoms with Crippen molar-refractivity contribution in [1.82, 2.24) is 0 Å². The van der Waals surface area contributed by atoms with E-state index in [1.807, 2.05) is 12.1 Å². The molecule has 0 aliphatic rings. The fourth-order valence-corrected chi connectivity index (χ4v) is 3.67. The molecule has 3 nitrogen and oxygen atoms in total. The fourth-order valence-electron chi connectivity index (χ4n) is 2.10. The van der Waals surface area contributed by atoms with Crippen LogP contribution in [0.3, 0.4) is 0 Å². The number of halogens is 2. The zero-order valence-corrected chi connectivity index (χ0v) is 14.6. The predicted molar refractivity (Wildman–Crippen MR) is 92.3 cm³/mol. The van der Waals surface area contributed by atoms with Crippen LogP contribution in [0.1, 0.15) is 19.4 Å². The van der Waals surface area contributed by atoms with Gasteiger partial charge in [-0.05, 0) is 48.2 Å². The number of anilines is 1. The van der Waals surface area contributed by atoms with E-state index in [2.05, 4.69) is 18.6 Å². The molecule has 22 heavy (non-hydrogen) atoms. The molecule has 0 fully saturated rings. The van der Waals surface area contributed by atoms with Crippen molar-refractivity contribution in [1.29, 1.82) is 0 Å². The predicted octanol–water partition coefficient (Wildman–Crippen LogP) is 4.99. The van der Waals surface area contributed by atoms with E-state index in [0.29, 0.717) is 21.7 Å². The summed E-state index contributed by atoms with van der Waals surface area (Å²) in [5, 5.41) is 0.745. The van der Waals surface area contributed by atoms with E-state index in [4.69, 9.17) is 23.2 Å². The van der Waals surface area contributed by atoms with Crippen molar-refractivity contribution in [3.63, 3.8) is 0 Å². The third-order valence-electron chi connectivity index (χ3n) is 2.99. The Balaban J connectivity index is 2.22. The zero-order chi connectivity index (χ0) is 16.3. The molecule has 2 rings (SSSR count). The lowest BCUT2D eigenvalue weighted by molar-refractivity contribution is 0.601. The molecule has 0 unspecified atom stereocenters. The van der Waals surface area contributed by atoms with Crippen molar-refractivity contribution in [2.24, 2.45) is 5.92 Å². The Morgan fingerprint density at radius 3 is 2.05 bits per heavy atom. The molecule has 0 heterocycles. The highest BCUT2D eigenvalue weighted by molar-refractivity contribution is 7.92. The van der Waals surface area contributed by atoms with Gasteiger partial charge in [0, 0.05) is 10.0 Å². The highest BCUT2D eigenvalue weighted by atomic mass is 35.5. The van der Waals surface area contributed by atoms with E-state index in [9.17, 15) is 8.42 Å². The summed E-state index contributed by atoms with van der Waals surface area (Å²) in [6.45, 7) is 4.24. The van der Waals surface area contributed by atoms with Crippen LogP contribution in [-0.2, 0) is 16.4 Å². The van der Waals surface area contributed by atoms with Gasteiger partial charge in [-0.25, -0.2) is 8.42 Å². The Hall–Kier alpha value is -1.23. The summed E-state index contributed by atoms with van der Waals surface area (Å²) >= 11 is 11.7. The molecular formula is C16H17Cl2NO2S. The summed E-state index contributed by atoms with van der Waals surface area (Å²) in [6, 6.07) is 11.4. The first-order chi connectivity index (χ1) is 10.3. The van der Waals surface area contributed by atoms with Gasteiger partial charge in [-0.1, -0.05) is 49.2 Å². The van der Waals surface area contributed by atoms with Gasteiger partial charge >= 0.3 is 0 Å². The van der Waals surface area contributed by atoms with Crippen molar-refractivity contribution >= 4 is 38.9 Å². The van der Waals surface area contributed by atoms with Gasteiger partial charge in [-0.2, -0.15) is 0 Å². The smallest absolute Gasteiger partial charge is 0.261 e. The van der Waals surface area contributed by atoms with E-state index in [0.717, 1.165) is 12.0 Å². The Bertz CT molecular complexity index is 736. The monoisotopic (exact) mass is 357 g/mol. The number of hydrogen-bond donors (Lipinski definition) is 1. The third kappa shape index (κ3) is 4.63. The highest BCUT2D eigenvalue weighted by Gasteiger charge is 2.14. The summed E-state index contributed by atoms with van der Waals surface area (Å²) in [7, 11) is -3.66. The second-order valence-electron chi connectivity index (χ2n) is 5.51. The number of rotatable bonds is 5. The molecule has 0 saturated heterocycles. The first-order valence-corrected chi connectivity index (χ1v) is 9.08. The van der Waals surface area contributed by atoms with Crippen LogP contribution in [0.5, 0.6) is 0 Å². The molecule has 6 heteroatoms. The van der Waals surface area contributed by atoms with Crippen LogP contribution in [0.2, 0.25) is 10.0 Å². The van der Waals surface area contributed by atoms with Gasteiger partial charge in [0.05, 0.1) is 10.6 Å². The van der Waals surface area contributed by atoms with Gasteiger partial charge in [0.25, 0.3) is 10.0 Å². The molecule has 0 aliphatic carbocycles. The van der Waals surface area contributed by atoms with Crippen LogP contribution < -0.4 is 4.72 Å². The normalized spacial score (nSPS) is 11.7. The minimum Gasteiger partial charge on any atom is -0.280 e. The summed E-state index contributed by atoms with van der Waals surface area (Å²) in [4.78, 5) is 0.205. The van der Waals surface area contributed by atoms with E-state index in [-0.39, 0.29) is 4.90 Å². The van der Waals surface area contributed by atoms with Gasteiger partial charge in [-0.3, -0.25) is 4.72 Å². The van der Waals surface area contributed by atoms with E-state index in [1.165, 1.54) is 12.1 Å². The summed E-state index contributed by atoms with van der Waals surface area (Å²) < 4.78 is 27.2. The molecule has 0 saturated carbocycles. The number of hydrogen-bond acceptors (Lipinski definition) is 2. The first-order valence-electron chi connectivity index (χ1n) is 6.84. The van der Waals surface area contributed by atoms with Crippen LogP contribution in [0.25, 0.3) is 0 Å². The molecular weight excluding hydrogens is 341 g/mol. The molecule has 0 aliphatic heterocycles. The minimum absolute atomic E-state index is 0.205. The molecule has 0 spiro atoms. The molecule has 2 aromatic carbocycles. The van der Waals surface area contributed by atoms with Gasteiger partial charge in [0.1, 0.15) is 0 Å². The number of nitrogens with one attached hydrogen (secondary N) is 1. The SMILES string of the molecule is CC(C)Cc1ccc(S(=O)(=O)Nc2cc(Cl)cc(Cl)c2)cc1. The summed E-state index contributed by atoms with van der Waals surface area (Å²) in [5.41, 5.74) is 1.45. The first kappa shape index (κ1) is 17.1. The fraction of sp³-hybridized carbons (Fsp3) is 0.250. The minimum atomic E-state index is -3.66. The van der Waals surface area contributed by atoms with Crippen LogP contribution in [0.4, 0.5) is 5.69 Å². The summed E-state index contributed by atoms with van der Waals surface area (Å²) in [6.07, 6.45) is 0.914. The van der Waals surface area contributed by atoms with E-state index >= 15 is 0 Å². The maximum Gasteiger partial charge on any atom is 0.261 e. The third-order valence-corrected chi connectivity index (χ3v) is 4.83. The molecule has 0 amide bonds. The van der Waals surface area contributed by atoms with Gasteiger partial charge in [0.2, 0.25) is 0 Å². The standard InChI is InChI=1S/C16H17Cl2NO2S/c1-11(2)7-12-3-5-16(6-4-12)22(20,21)19-15-9-13(17)8-14(18)10-15/h3-6,8-11,19H,7H2,1-2H3. The lowest BCUT2D eigenvalue weighted by atomic mass is 10.0. The van der Waals surface area contributed by atoms with E-state index in [1.54, 1.807) is 18.2 Å². The second kappa shape index (κ2) is 6.90. The second-order valence-corrected chi connectivity index (χ2v) is 8.06. The maximum absolute atomic E-state index is 12.4. The Morgan fingerprint density at radius 2 is 1.55 bits per heavy atom. The van der Waals surface area contributed by atoms with Gasteiger partial charge in [-0.15, -0.1) is 0 Å². The quantitative estimate of drug-likeness (QED) is 0.818. The number of benzene rings is 2. The average molecular weight is 358 g/mol. The van der Waals surface area contributed by atoms with Crippen molar-refractivity contribution < 1.29 is 8.42 Å². The molecule has 0 atom stereocenters. The average Bonchev–Trinajstić information content (AvgIpc) is 2.36. The van der Waals surface area contributed by atoms with E-state index < -0.39 is 10.0 Å². The van der Waals surface area contributed by atoms with Crippen LogP contribution in [0.15, 0.2) is 47.4 Å². The van der Waals surface area contributed by atoms with Crippen LogP contribution in [0, 0.1) is 5.92 Å². The Labute approximate surface area is 141 Å². The van der Waals surface area contributed by atoms with Gasteiger partial charge in [0.15, 0.2) is 0 Å². The van der Waals surface area contributed by atoms with Crippen molar-refractivity contribution in [3.8, 4) is 0 Å². The van der Waals surface area contributed by atoms with Crippen molar-refractivity contribution in [2.75, 3.05) is 4.72 Å². The van der Waals surface area contributed by atoms with Crippen LogP contribution in [-0.4, -0.2) is 8.42 Å². The largest absolute Gasteiger partial charge is 0.280 e. The highest BCUT2D eigenvalue weighted by Crippen LogP contribution is 2.25. The lowest BCUT2D eigenvalue weighted by Crippen LogP contribution is -2.13. The topological polar surface area (TPSA) is 46.2 Å². The van der Waals surface area contributed by atoms with Crippen LogP contribution >= 0.6 is 23.2 Å². The van der Waals surface area contributed by atoms with Crippen molar-refractivity contribution in [2.45, 2.75) is 25.2 Å². The Morgan fingerprint density at radius 1 is 1.00 bits per heavy atom. The molecule has 0 aromatic heterocycles. The van der Waals surface area contributed by atoms with Crippen molar-refractivity contribution in [3.05, 3.63) is 58.1 Å². The summed E-state index contributed by atoms with van der Waals surface area (Å²) in [5.74, 6) is 0.522. The molecule has 1 N–H and O–H groups in total. The van der Waals surface area contributed by atoms with Gasteiger partial charge < -0.3 is 0 Å². The zero-order valence-electron chi connectivity index (χ0n) is 12.3. The molecule has 2 aromatic rings. The molecule has 118 valence electrons. The molecule has 0 bridgehead atoms.